The van der Waals surface area contributed by atoms with E-state index in [-0.39, 0.29) is 61.5 Å². The summed E-state index contributed by atoms with van der Waals surface area (Å²) >= 11 is 0. The highest BCUT2D eigenvalue weighted by molar-refractivity contribution is 5.17. The molecule has 0 aliphatic carbocycles. The first-order valence-corrected chi connectivity index (χ1v) is 22.1. The molecule has 0 unspecified atom stereocenters. The van der Waals surface area contributed by atoms with Crippen molar-refractivity contribution in [1.82, 2.24) is 0 Å². The highest BCUT2D eigenvalue weighted by Gasteiger charge is 2.65. The number of ether oxygens (including phenoxy) is 9. The topological polar surface area (TPSA) is 124 Å². The van der Waals surface area contributed by atoms with E-state index in [9.17, 15) is 10.2 Å². The van der Waals surface area contributed by atoms with Crippen LogP contribution in [0.1, 0.15) is 104 Å². The SMILES string of the molecule is C[C@@]12CC[C@]3(C)O[C@]4(C)C[C@@H]5O[C@@H]6C[C@H](O)[C@@](C)(CO)O[C@H]6/C=C\C[C@H]5O[C@H]4C[C@H]3O[C@H]1C[C@@]1(C)O[C@@](C)(COCc3ccccc3)[C@H](OCc3ccccc3)C[C@@H]1O2. The Labute approximate surface area is 350 Å². The number of aliphatic hydroxyl groups is 2. The Balaban J connectivity index is 0.920. The molecule has 0 spiro atoms. The van der Waals surface area contributed by atoms with Crippen LogP contribution in [-0.2, 0) is 55.8 Å². The molecule has 16 atom stereocenters. The van der Waals surface area contributed by atoms with Gasteiger partial charge in [0.25, 0.3) is 0 Å². The van der Waals surface area contributed by atoms with Crippen LogP contribution in [0.2, 0.25) is 0 Å². The van der Waals surface area contributed by atoms with Crippen molar-refractivity contribution in [3.05, 3.63) is 83.9 Å². The molecule has 11 heteroatoms. The van der Waals surface area contributed by atoms with Gasteiger partial charge in [-0.15, -0.1) is 0 Å². The normalized spacial score (nSPS) is 48.6. The summed E-state index contributed by atoms with van der Waals surface area (Å²) in [5, 5.41) is 20.9. The van der Waals surface area contributed by atoms with Crippen LogP contribution in [0.4, 0.5) is 0 Å². The summed E-state index contributed by atoms with van der Waals surface area (Å²) < 4.78 is 62.2. The minimum absolute atomic E-state index is 0.176. The van der Waals surface area contributed by atoms with Gasteiger partial charge in [0.2, 0.25) is 0 Å². The second-order valence-electron chi connectivity index (χ2n) is 20.0. The Bertz CT molecular complexity index is 1800. The molecule has 6 saturated heterocycles. The van der Waals surface area contributed by atoms with E-state index in [1.165, 1.54) is 0 Å². The van der Waals surface area contributed by atoms with Crippen molar-refractivity contribution >= 4 is 0 Å². The van der Waals surface area contributed by atoms with Gasteiger partial charge < -0.3 is 52.8 Å². The van der Waals surface area contributed by atoms with E-state index >= 15 is 0 Å². The fourth-order valence-electron chi connectivity index (χ4n) is 11.3. The van der Waals surface area contributed by atoms with Gasteiger partial charge in [0.15, 0.2) is 0 Å². The van der Waals surface area contributed by atoms with E-state index in [2.05, 4.69) is 65.0 Å². The van der Waals surface area contributed by atoms with Crippen molar-refractivity contribution < 1.29 is 52.8 Å². The monoisotopic (exact) mass is 818 g/mol. The van der Waals surface area contributed by atoms with E-state index < -0.39 is 39.7 Å². The smallest absolute Gasteiger partial charge is 0.116 e. The Morgan fingerprint density at radius 2 is 1.31 bits per heavy atom. The lowest BCUT2D eigenvalue weighted by Crippen LogP contribution is -2.70. The van der Waals surface area contributed by atoms with Crippen LogP contribution in [0.25, 0.3) is 0 Å². The van der Waals surface area contributed by atoms with Gasteiger partial charge in [-0.3, -0.25) is 0 Å². The third-order valence-corrected chi connectivity index (χ3v) is 15.1. The fourth-order valence-corrected chi connectivity index (χ4v) is 11.3. The molecule has 0 amide bonds. The molecule has 324 valence electrons. The van der Waals surface area contributed by atoms with Crippen molar-refractivity contribution in [2.45, 2.75) is 201 Å². The minimum atomic E-state index is -1.03. The maximum absolute atomic E-state index is 10.9. The first-order chi connectivity index (χ1) is 28.1. The third kappa shape index (κ3) is 8.01. The first-order valence-electron chi connectivity index (χ1n) is 22.1. The average molecular weight is 819 g/mol. The average Bonchev–Trinajstić information content (AvgIpc) is 3.29. The van der Waals surface area contributed by atoms with Crippen LogP contribution in [0.5, 0.6) is 0 Å². The number of hydrogen-bond donors (Lipinski definition) is 2. The van der Waals surface area contributed by atoms with Gasteiger partial charge in [-0.1, -0.05) is 72.8 Å². The summed E-state index contributed by atoms with van der Waals surface area (Å²) in [6.45, 7) is 13.7. The van der Waals surface area contributed by atoms with Crippen molar-refractivity contribution in [3.8, 4) is 0 Å². The Morgan fingerprint density at radius 1 is 0.627 bits per heavy atom. The van der Waals surface area contributed by atoms with E-state index in [0.717, 1.165) is 24.0 Å². The quantitative estimate of drug-likeness (QED) is 0.283. The number of hydrogen-bond acceptors (Lipinski definition) is 11. The number of benzene rings is 2. The van der Waals surface area contributed by atoms with Gasteiger partial charge in [-0.2, -0.15) is 0 Å². The van der Waals surface area contributed by atoms with Gasteiger partial charge >= 0.3 is 0 Å². The number of fused-ring (bicyclic) bond motifs is 6. The molecule has 7 aliphatic rings. The maximum Gasteiger partial charge on any atom is 0.116 e. The predicted octanol–water partition coefficient (Wildman–Crippen LogP) is 6.53. The summed E-state index contributed by atoms with van der Waals surface area (Å²) in [6.07, 6.45) is 6.22. The molecule has 2 N–H and O–H groups in total. The molecule has 11 nitrogen and oxygen atoms in total. The van der Waals surface area contributed by atoms with E-state index in [4.69, 9.17) is 42.6 Å². The molecule has 7 aliphatic heterocycles. The van der Waals surface area contributed by atoms with Gasteiger partial charge in [0.05, 0.1) is 104 Å². The summed E-state index contributed by atoms with van der Waals surface area (Å²) in [5.41, 5.74) is -1.96. The maximum atomic E-state index is 10.9. The molecule has 0 radical (unpaired) electrons. The van der Waals surface area contributed by atoms with Gasteiger partial charge in [0, 0.05) is 32.1 Å². The Hall–Kier alpha value is -2.26. The van der Waals surface area contributed by atoms with Crippen molar-refractivity contribution in [1.29, 1.82) is 0 Å². The second kappa shape index (κ2) is 15.8. The van der Waals surface area contributed by atoms with Crippen molar-refractivity contribution in [2.75, 3.05) is 13.2 Å². The Morgan fingerprint density at radius 3 is 2.03 bits per heavy atom. The molecule has 0 aromatic heterocycles. The molecule has 0 saturated carbocycles. The summed E-state index contributed by atoms with van der Waals surface area (Å²) in [5.74, 6) is 0. The van der Waals surface area contributed by atoms with Gasteiger partial charge in [-0.05, 0) is 71.9 Å². The highest BCUT2D eigenvalue weighted by Crippen LogP contribution is 2.55. The molecule has 6 fully saturated rings. The number of rotatable bonds is 8. The zero-order chi connectivity index (χ0) is 41.3. The third-order valence-electron chi connectivity index (χ3n) is 15.1. The van der Waals surface area contributed by atoms with E-state index in [1.807, 2.05) is 42.5 Å². The zero-order valence-electron chi connectivity index (χ0n) is 35.8. The molecule has 2 aromatic rings. The fraction of sp³-hybridized carbons (Fsp3) is 0.708. The molecule has 9 rings (SSSR count). The standard InChI is InChI=1S/C48H66O11/c1-43-20-21-44(2)39(24-40-45(3,58-44)25-36-33(54-40)18-13-19-34-35(53-36)22-37(50)47(5,29-49)56-34)55-42(43)26-46(4)41(57-43)23-38(52-28-32-16-11-8-12-17-32)48(6,59-46)30-51-27-31-14-9-7-10-15-31/h7-17,19,33-42,49-50H,18,20-30H2,1-6H3/b19-13-/t33-,34+,35-,36+,37+,38-,39-,40+,41+,42+,43-,44+,45-,46-,47-,48+/m1/s1. The molecular formula is C48H66O11. The Kier molecular flexibility index (Phi) is 11.3. The van der Waals surface area contributed by atoms with Crippen LogP contribution >= 0.6 is 0 Å². The van der Waals surface area contributed by atoms with Gasteiger partial charge in [0.1, 0.15) is 17.3 Å². The zero-order valence-corrected chi connectivity index (χ0v) is 35.8. The van der Waals surface area contributed by atoms with Crippen molar-refractivity contribution in [3.63, 3.8) is 0 Å². The molecule has 7 heterocycles. The lowest BCUT2D eigenvalue weighted by molar-refractivity contribution is -0.358. The largest absolute Gasteiger partial charge is 0.393 e. The van der Waals surface area contributed by atoms with Crippen LogP contribution in [0.15, 0.2) is 72.8 Å². The van der Waals surface area contributed by atoms with Crippen molar-refractivity contribution in [2.24, 2.45) is 0 Å². The molecular weight excluding hydrogens is 753 g/mol. The molecule has 2 aromatic carbocycles. The van der Waals surface area contributed by atoms with Crippen LogP contribution in [0, 0.1) is 0 Å². The summed E-state index contributed by atoms with van der Waals surface area (Å²) in [7, 11) is 0. The summed E-state index contributed by atoms with van der Waals surface area (Å²) in [4.78, 5) is 0. The highest BCUT2D eigenvalue weighted by atomic mass is 16.6. The van der Waals surface area contributed by atoms with Crippen LogP contribution in [0.3, 0.4) is 0 Å². The number of aliphatic hydroxyl groups excluding tert-OH is 2. The van der Waals surface area contributed by atoms with Crippen LogP contribution in [-0.4, -0.2) is 118 Å². The predicted molar refractivity (Wildman–Crippen MR) is 219 cm³/mol. The van der Waals surface area contributed by atoms with Gasteiger partial charge in [-0.25, -0.2) is 0 Å². The molecule has 59 heavy (non-hydrogen) atoms. The first kappa shape index (κ1) is 42.1. The lowest BCUT2D eigenvalue weighted by Gasteiger charge is -2.60. The van der Waals surface area contributed by atoms with E-state index in [0.29, 0.717) is 58.3 Å². The molecule has 0 bridgehead atoms. The van der Waals surface area contributed by atoms with E-state index in [1.54, 1.807) is 6.92 Å². The second-order valence-corrected chi connectivity index (χ2v) is 20.0. The lowest BCUT2D eigenvalue weighted by atomic mass is 9.73. The van der Waals surface area contributed by atoms with Crippen LogP contribution < -0.4 is 0 Å². The summed E-state index contributed by atoms with van der Waals surface area (Å²) in [6, 6.07) is 20.5. The minimum Gasteiger partial charge on any atom is -0.393 e.